The summed E-state index contributed by atoms with van der Waals surface area (Å²) in [5.74, 6) is 0.388. The predicted molar refractivity (Wildman–Crippen MR) is 36.5 cm³/mol. The van der Waals surface area contributed by atoms with Crippen molar-refractivity contribution in [2.45, 2.75) is 12.8 Å². The molecular formula is C7H8N2O. The normalized spacial score (nSPS) is 12.5. The van der Waals surface area contributed by atoms with Gasteiger partial charge < -0.3 is 4.79 Å². The van der Waals surface area contributed by atoms with E-state index < -0.39 is 0 Å². The molecule has 52 valence electrons. The highest BCUT2D eigenvalue weighted by Crippen LogP contribution is 2.03. The molecule has 0 bridgehead atoms. The summed E-state index contributed by atoms with van der Waals surface area (Å²) in [6.07, 6.45) is 4.08. The molecule has 0 aromatic carbocycles. The van der Waals surface area contributed by atoms with Crippen molar-refractivity contribution in [3.63, 3.8) is 0 Å². The van der Waals surface area contributed by atoms with Gasteiger partial charge in [-0.25, -0.2) is 9.97 Å². The van der Waals surface area contributed by atoms with Crippen LogP contribution in [0.2, 0.25) is 0 Å². The SMILES string of the molecule is C[C@H](C=O)c1ncccn1. The average Bonchev–Trinajstić information content (AvgIpc) is 2.05. The fourth-order valence-corrected chi connectivity index (χ4v) is 0.607. The molecule has 0 radical (unpaired) electrons. The second kappa shape index (κ2) is 3.06. The van der Waals surface area contributed by atoms with E-state index in [1.54, 1.807) is 25.4 Å². The Bertz CT molecular complexity index is 210. The number of nitrogens with zero attached hydrogens (tertiary/aromatic N) is 2. The smallest absolute Gasteiger partial charge is 0.138 e. The molecule has 1 aromatic rings. The summed E-state index contributed by atoms with van der Waals surface area (Å²) in [6, 6.07) is 1.72. The molecule has 3 heteroatoms. The molecule has 0 N–H and O–H groups in total. The highest BCUT2D eigenvalue weighted by Gasteiger charge is 2.03. The maximum absolute atomic E-state index is 10.2. The lowest BCUT2D eigenvalue weighted by molar-refractivity contribution is -0.108. The van der Waals surface area contributed by atoms with Crippen molar-refractivity contribution in [2.24, 2.45) is 0 Å². The number of aromatic nitrogens is 2. The van der Waals surface area contributed by atoms with E-state index in [4.69, 9.17) is 0 Å². The zero-order valence-corrected chi connectivity index (χ0v) is 5.69. The van der Waals surface area contributed by atoms with Gasteiger partial charge >= 0.3 is 0 Å². The number of rotatable bonds is 2. The highest BCUT2D eigenvalue weighted by atomic mass is 16.1. The van der Waals surface area contributed by atoms with Crippen LogP contribution in [-0.4, -0.2) is 16.3 Å². The van der Waals surface area contributed by atoms with Crippen LogP contribution >= 0.6 is 0 Å². The number of hydrogen-bond donors (Lipinski definition) is 0. The van der Waals surface area contributed by atoms with E-state index in [1.165, 1.54) is 0 Å². The van der Waals surface area contributed by atoms with Crippen molar-refractivity contribution in [3.8, 4) is 0 Å². The molecule has 0 fully saturated rings. The van der Waals surface area contributed by atoms with Gasteiger partial charge in [-0.1, -0.05) is 0 Å². The molecule has 1 heterocycles. The summed E-state index contributed by atoms with van der Waals surface area (Å²) < 4.78 is 0. The van der Waals surface area contributed by atoms with Crippen LogP contribution in [-0.2, 0) is 4.79 Å². The van der Waals surface area contributed by atoms with Crippen LogP contribution in [0.25, 0.3) is 0 Å². The molecule has 10 heavy (non-hydrogen) atoms. The van der Waals surface area contributed by atoms with Gasteiger partial charge in [0.15, 0.2) is 0 Å². The van der Waals surface area contributed by atoms with Gasteiger partial charge in [-0.3, -0.25) is 0 Å². The Hall–Kier alpha value is -1.25. The monoisotopic (exact) mass is 136 g/mol. The van der Waals surface area contributed by atoms with Gasteiger partial charge in [0.1, 0.15) is 12.1 Å². The molecular weight excluding hydrogens is 128 g/mol. The van der Waals surface area contributed by atoms with Crippen LogP contribution in [0.5, 0.6) is 0 Å². The zero-order valence-electron chi connectivity index (χ0n) is 5.69. The molecule has 0 aliphatic carbocycles. The molecule has 0 amide bonds. The summed E-state index contributed by atoms with van der Waals surface area (Å²) in [4.78, 5) is 18.0. The summed E-state index contributed by atoms with van der Waals surface area (Å²) in [5.41, 5.74) is 0. The van der Waals surface area contributed by atoms with Gasteiger partial charge in [-0.05, 0) is 13.0 Å². The fraction of sp³-hybridized carbons (Fsp3) is 0.286. The van der Waals surface area contributed by atoms with E-state index in [2.05, 4.69) is 9.97 Å². The van der Waals surface area contributed by atoms with Crippen molar-refractivity contribution in [3.05, 3.63) is 24.3 Å². The Balaban J connectivity index is 2.84. The summed E-state index contributed by atoms with van der Waals surface area (Å²) in [7, 11) is 0. The van der Waals surface area contributed by atoms with Crippen molar-refractivity contribution >= 4 is 6.29 Å². The average molecular weight is 136 g/mol. The third-order valence-electron chi connectivity index (χ3n) is 1.20. The van der Waals surface area contributed by atoms with E-state index in [0.717, 1.165) is 6.29 Å². The number of hydrogen-bond acceptors (Lipinski definition) is 3. The standard InChI is InChI=1S/C7H8N2O/c1-6(5-10)7-8-3-2-4-9-7/h2-6H,1H3/t6-/m1/s1. The maximum atomic E-state index is 10.2. The summed E-state index contributed by atoms with van der Waals surface area (Å²) in [6.45, 7) is 1.77. The maximum Gasteiger partial charge on any atom is 0.138 e. The van der Waals surface area contributed by atoms with Gasteiger partial charge in [0.25, 0.3) is 0 Å². The molecule has 1 aromatic heterocycles. The molecule has 0 aliphatic heterocycles. The van der Waals surface area contributed by atoms with Gasteiger partial charge in [0.05, 0.1) is 5.92 Å². The fourth-order valence-electron chi connectivity index (χ4n) is 0.607. The first kappa shape index (κ1) is 6.86. The third kappa shape index (κ3) is 1.37. The molecule has 0 unspecified atom stereocenters. The second-order valence-electron chi connectivity index (χ2n) is 2.03. The molecule has 1 atom stereocenters. The van der Waals surface area contributed by atoms with Crippen LogP contribution in [0.3, 0.4) is 0 Å². The quantitative estimate of drug-likeness (QED) is 0.564. The van der Waals surface area contributed by atoms with Gasteiger partial charge in [0.2, 0.25) is 0 Å². The van der Waals surface area contributed by atoms with Crippen molar-refractivity contribution < 1.29 is 4.79 Å². The minimum atomic E-state index is -0.193. The van der Waals surface area contributed by atoms with Crippen LogP contribution in [0.4, 0.5) is 0 Å². The lowest BCUT2D eigenvalue weighted by Gasteiger charge is -1.97. The minimum Gasteiger partial charge on any atom is -0.303 e. The van der Waals surface area contributed by atoms with Gasteiger partial charge in [0, 0.05) is 12.4 Å². The Morgan fingerprint density at radius 3 is 2.60 bits per heavy atom. The molecule has 0 aliphatic rings. The van der Waals surface area contributed by atoms with Crippen molar-refractivity contribution in [2.75, 3.05) is 0 Å². The molecule has 0 saturated heterocycles. The topological polar surface area (TPSA) is 42.9 Å². The van der Waals surface area contributed by atoms with E-state index in [0.29, 0.717) is 5.82 Å². The Kier molecular flexibility index (Phi) is 2.10. The molecule has 3 nitrogen and oxygen atoms in total. The van der Waals surface area contributed by atoms with E-state index in [9.17, 15) is 4.79 Å². The Labute approximate surface area is 59.1 Å². The van der Waals surface area contributed by atoms with Crippen LogP contribution in [0.1, 0.15) is 18.7 Å². The second-order valence-corrected chi connectivity index (χ2v) is 2.03. The molecule has 0 saturated carbocycles. The minimum absolute atomic E-state index is 0.193. The lowest BCUT2D eigenvalue weighted by Crippen LogP contribution is -1.99. The molecule has 1 rings (SSSR count). The lowest BCUT2D eigenvalue weighted by atomic mass is 10.2. The van der Waals surface area contributed by atoms with Crippen molar-refractivity contribution in [1.29, 1.82) is 0 Å². The van der Waals surface area contributed by atoms with E-state index >= 15 is 0 Å². The number of carbonyl (C=O) groups is 1. The first-order chi connectivity index (χ1) is 4.84. The Morgan fingerprint density at radius 2 is 2.10 bits per heavy atom. The number of carbonyl (C=O) groups excluding carboxylic acids is 1. The van der Waals surface area contributed by atoms with Crippen LogP contribution in [0.15, 0.2) is 18.5 Å². The van der Waals surface area contributed by atoms with E-state index in [1.807, 2.05) is 0 Å². The third-order valence-corrected chi connectivity index (χ3v) is 1.20. The van der Waals surface area contributed by atoms with Crippen LogP contribution < -0.4 is 0 Å². The highest BCUT2D eigenvalue weighted by molar-refractivity contribution is 5.58. The van der Waals surface area contributed by atoms with E-state index in [-0.39, 0.29) is 5.92 Å². The van der Waals surface area contributed by atoms with Gasteiger partial charge in [-0.15, -0.1) is 0 Å². The van der Waals surface area contributed by atoms with Gasteiger partial charge in [-0.2, -0.15) is 0 Å². The first-order valence-corrected chi connectivity index (χ1v) is 3.07. The Morgan fingerprint density at radius 1 is 1.50 bits per heavy atom. The van der Waals surface area contributed by atoms with Crippen LogP contribution in [0, 0.1) is 0 Å². The molecule has 0 spiro atoms. The zero-order chi connectivity index (χ0) is 7.40. The number of aldehydes is 1. The largest absolute Gasteiger partial charge is 0.303 e. The van der Waals surface area contributed by atoms with Crippen molar-refractivity contribution in [1.82, 2.24) is 9.97 Å². The summed E-state index contributed by atoms with van der Waals surface area (Å²) in [5, 5.41) is 0. The summed E-state index contributed by atoms with van der Waals surface area (Å²) >= 11 is 0. The first-order valence-electron chi connectivity index (χ1n) is 3.07. The predicted octanol–water partition coefficient (Wildman–Crippen LogP) is 0.779.